The van der Waals surface area contributed by atoms with Gasteiger partial charge < -0.3 is 15.4 Å². The van der Waals surface area contributed by atoms with Gasteiger partial charge in [-0.05, 0) is 56.5 Å². The van der Waals surface area contributed by atoms with Crippen molar-refractivity contribution >= 4 is 33.2 Å². The Labute approximate surface area is 190 Å². The molecule has 0 radical (unpaired) electrons. The minimum atomic E-state index is -3.76. The van der Waals surface area contributed by atoms with E-state index in [4.69, 9.17) is 4.74 Å². The molecule has 0 bridgehead atoms. The lowest BCUT2D eigenvalue weighted by atomic mass is 10.1. The average Bonchev–Trinajstić information content (AvgIpc) is 2.73. The zero-order chi connectivity index (χ0) is 23.9. The van der Waals surface area contributed by atoms with Gasteiger partial charge in [0.15, 0.2) is 0 Å². The standard InChI is InChI=1S/C23H31N3O5S/c1-16-11-12-17(2)21(15-16)26(32(5,29)30)18(3)22(27)25-20-10-7-6-9-19(20)23(28)24-13-8-14-31-4/h6-7,9-12,15,18H,8,13-14H2,1-5H3,(H,24,28)(H,25,27)/t18-/m0/s1. The van der Waals surface area contributed by atoms with E-state index in [1.54, 1.807) is 44.4 Å². The molecule has 0 fully saturated rings. The number of methoxy groups -OCH3 is 1. The van der Waals surface area contributed by atoms with Crippen molar-refractivity contribution in [3.63, 3.8) is 0 Å². The molecule has 8 nitrogen and oxygen atoms in total. The lowest BCUT2D eigenvalue weighted by Crippen LogP contribution is -2.46. The summed E-state index contributed by atoms with van der Waals surface area (Å²) in [5, 5.41) is 5.51. The van der Waals surface area contributed by atoms with E-state index in [1.807, 2.05) is 19.1 Å². The number of para-hydroxylation sites is 1. The Balaban J connectivity index is 2.27. The van der Waals surface area contributed by atoms with Gasteiger partial charge in [-0.3, -0.25) is 13.9 Å². The summed E-state index contributed by atoms with van der Waals surface area (Å²) in [7, 11) is -2.17. The summed E-state index contributed by atoms with van der Waals surface area (Å²) in [4.78, 5) is 25.6. The van der Waals surface area contributed by atoms with Crippen molar-refractivity contribution in [1.29, 1.82) is 0 Å². The van der Waals surface area contributed by atoms with Crippen molar-refractivity contribution in [3.8, 4) is 0 Å². The first-order valence-electron chi connectivity index (χ1n) is 10.3. The first-order chi connectivity index (χ1) is 15.1. The van der Waals surface area contributed by atoms with E-state index in [2.05, 4.69) is 10.6 Å². The summed E-state index contributed by atoms with van der Waals surface area (Å²) >= 11 is 0. The third-order valence-corrected chi connectivity index (χ3v) is 6.16. The summed E-state index contributed by atoms with van der Waals surface area (Å²) in [5.41, 5.74) is 2.66. The van der Waals surface area contributed by atoms with E-state index >= 15 is 0 Å². The summed E-state index contributed by atoms with van der Waals surface area (Å²) in [6.07, 6.45) is 1.73. The van der Waals surface area contributed by atoms with Crippen molar-refractivity contribution in [1.82, 2.24) is 5.32 Å². The molecule has 32 heavy (non-hydrogen) atoms. The van der Waals surface area contributed by atoms with Gasteiger partial charge in [-0.25, -0.2) is 8.42 Å². The van der Waals surface area contributed by atoms with Crippen molar-refractivity contribution in [2.24, 2.45) is 0 Å². The molecule has 0 aromatic heterocycles. The number of hydrogen-bond acceptors (Lipinski definition) is 5. The SMILES string of the molecule is COCCCNC(=O)c1ccccc1NC(=O)[C@H](C)N(c1cc(C)ccc1C)S(C)(=O)=O. The van der Waals surface area contributed by atoms with Crippen LogP contribution in [0.25, 0.3) is 0 Å². The molecule has 0 unspecified atom stereocenters. The maximum absolute atomic E-state index is 13.1. The summed E-state index contributed by atoms with van der Waals surface area (Å²) < 4.78 is 31.3. The van der Waals surface area contributed by atoms with Crippen molar-refractivity contribution in [2.75, 3.05) is 36.1 Å². The molecule has 174 valence electrons. The summed E-state index contributed by atoms with van der Waals surface area (Å²) in [6, 6.07) is 11.0. The predicted molar refractivity (Wildman–Crippen MR) is 127 cm³/mol. The Morgan fingerprint density at radius 1 is 1.12 bits per heavy atom. The Bertz CT molecular complexity index is 1070. The minimum absolute atomic E-state index is 0.295. The zero-order valence-corrected chi connectivity index (χ0v) is 20.0. The van der Waals surface area contributed by atoms with Gasteiger partial charge in [0.05, 0.1) is 23.2 Å². The van der Waals surface area contributed by atoms with E-state index in [0.717, 1.165) is 21.7 Å². The Morgan fingerprint density at radius 3 is 2.47 bits per heavy atom. The van der Waals surface area contributed by atoms with Gasteiger partial charge in [-0.1, -0.05) is 24.3 Å². The quantitative estimate of drug-likeness (QED) is 0.530. The molecular weight excluding hydrogens is 430 g/mol. The molecular formula is C23H31N3O5S. The van der Waals surface area contributed by atoms with E-state index in [0.29, 0.717) is 36.5 Å². The fraction of sp³-hybridized carbons (Fsp3) is 0.391. The van der Waals surface area contributed by atoms with Crippen LogP contribution in [0.5, 0.6) is 0 Å². The number of carbonyl (C=O) groups excluding carboxylic acids is 2. The molecule has 2 amide bonds. The van der Waals surface area contributed by atoms with Crippen LogP contribution >= 0.6 is 0 Å². The number of carbonyl (C=O) groups is 2. The molecule has 0 spiro atoms. The van der Waals surface area contributed by atoms with Crippen LogP contribution in [-0.4, -0.2) is 52.8 Å². The minimum Gasteiger partial charge on any atom is -0.385 e. The third-order valence-electron chi connectivity index (χ3n) is 4.93. The van der Waals surface area contributed by atoms with Crippen molar-refractivity contribution in [2.45, 2.75) is 33.2 Å². The number of nitrogens with zero attached hydrogens (tertiary/aromatic N) is 1. The third kappa shape index (κ3) is 6.54. The van der Waals surface area contributed by atoms with Crippen LogP contribution in [0.3, 0.4) is 0 Å². The van der Waals surface area contributed by atoms with Crippen LogP contribution < -0.4 is 14.9 Å². The predicted octanol–water partition coefficient (Wildman–Crippen LogP) is 2.86. The molecule has 0 saturated heterocycles. The number of amides is 2. The topological polar surface area (TPSA) is 105 Å². The second kappa shape index (κ2) is 11.1. The highest BCUT2D eigenvalue weighted by atomic mass is 32.2. The number of aryl methyl sites for hydroxylation is 2. The Kier molecular flexibility index (Phi) is 8.80. The lowest BCUT2D eigenvalue weighted by molar-refractivity contribution is -0.116. The van der Waals surface area contributed by atoms with Crippen molar-refractivity contribution < 1.29 is 22.7 Å². The molecule has 2 aromatic carbocycles. The zero-order valence-electron chi connectivity index (χ0n) is 19.1. The van der Waals surface area contributed by atoms with Gasteiger partial charge in [-0.2, -0.15) is 0 Å². The van der Waals surface area contributed by atoms with Crippen molar-refractivity contribution in [3.05, 3.63) is 59.2 Å². The number of benzene rings is 2. The van der Waals surface area contributed by atoms with Gasteiger partial charge >= 0.3 is 0 Å². The number of rotatable bonds is 10. The van der Waals surface area contributed by atoms with Gasteiger partial charge in [0, 0.05) is 20.3 Å². The number of hydrogen-bond donors (Lipinski definition) is 2. The summed E-state index contributed by atoms with van der Waals surface area (Å²) in [5.74, 6) is -0.880. The van der Waals surface area contributed by atoms with Gasteiger partial charge in [0.1, 0.15) is 6.04 Å². The molecule has 2 aromatic rings. The van der Waals surface area contributed by atoms with Crippen LogP contribution in [0.4, 0.5) is 11.4 Å². The second-order valence-electron chi connectivity index (χ2n) is 7.66. The van der Waals surface area contributed by atoms with Gasteiger partial charge in [0.2, 0.25) is 15.9 Å². The molecule has 1 atom stereocenters. The Morgan fingerprint density at radius 2 is 1.81 bits per heavy atom. The smallest absolute Gasteiger partial charge is 0.253 e. The molecule has 2 rings (SSSR count). The molecule has 0 aliphatic carbocycles. The number of sulfonamides is 1. The van der Waals surface area contributed by atoms with Crippen LogP contribution in [0, 0.1) is 13.8 Å². The molecule has 0 aliphatic rings. The van der Waals surface area contributed by atoms with Crippen LogP contribution in [0.2, 0.25) is 0 Å². The molecule has 0 heterocycles. The fourth-order valence-corrected chi connectivity index (χ4v) is 4.50. The maximum atomic E-state index is 13.1. The Hall–Kier alpha value is -2.91. The molecule has 2 N–H and O–H groups in total. The van der Waals surface area contributed by atoms with Gasteiger partial charge in [0.25, 0.3) is 5.91 Å². The van der Waals surface area contributed by atoms with E-state index in [1.165, 1.54) is 6.92 Å². The van der Waals surface area contributed by atoms with E-state index in [-0.39, 0.29) is 5.91 Å². The van der Waals surface area contributed by atoms with E-state index < -0.39 is 22.0 Å². The normalized spacial score (nSPS) is 12.2. The highest BCUT2D eigenvalue weighted by molar-refractivity contribution is 7.92. The number of nitrogens with one attached hydrogen (secondary N) is 2. The molecule has 0 saturated carbocycles. The van der Waals surface area contributed by atoms with Gasteiger partial charge in [-0.15, -0.1) is 0 Å². The lowest BCUT2D eigenvalue weighted by Gasteiger charge is -2.30. The van der Waals surface area contributed by atoms with Crippen LogP contribution in [-0.2, 0) is 19.6 Å². The van der Waals surface area contributed by atoms with Crippen LogP contribution in [0.15, 0.2) is 42.5 Å². The van der Waals surface area contributed by atoms with Crippen LogP contribution in [0.1, 0.15) is 34.8 Å². The number of anilines is 2. The molecule has 9 heteroatoms. The first-order valence-corrected chi connectivity index (χ1v) is 12.1. The number of ether oxygens (including phenoxy) is 1. The maximum Gasteiger partial charge on any atom is 0.253 e. The fourth-order valence-electron chi connectivity index (χ4n) is 3.28. The highest BCUT2D eigenvalue weighted by Gasteiger charge is 2.30. The molecule has 0 aliphatic heterocycles. The monoisotopic (exact) mass is 461 g/mol. The second-order valence-corrected chi connectivity index (χ2v) is 9.52. The first kappa shape index (κ1) is 25.4. The largest absolute Gasteiger partial charge is 0.385 e. The van der Waals surface area contributed by atoms with E-state index in [9.17, 15) is 18.0 Å². The summed E-state index contributed by atoms with van der Waals surface area (Å²) in [6.45, 7) is 6.12. The highest BCUT2D eigenvalue weighted by Crippen LogP contribution is 2.27. The average molecular weight is 462 g/mol.